The summed E-state index contributed by atoms with van der Waals surface area (Å²) in [5.41, 5.74) is 2.14. The van der Waals surface area contributed by atoms with Crippen LogP contribution in [0.25, 0.3) is 0 Å². The van der Waals surface area contributed by atoms with Crippen LogP contribution in [0.15, 0.2) is 0 Å². The highest BCUT2D eigenvalue weighted by molar-refractivity contribution is 5.88. The second-order valence-corrected chi connectivity index (χ2v) is 5.85. The van der Waals surface area contributed by atoms with E-state index in [0.29, 0.717) is 18.5 Å². The van der Waals surface area contributed by atoms with Crippen molar-refractivity contribution in [2.75, 3.05) is 27.3 Å². The molecule has 8 heteroatoms. The van der Waals surface area contributed by atoms with Gasteiger partial charge < -0.3 is 19.6 Å². The maximum atomic E-state index is 11.7. The van der Waals surface area contributed by atoms with E-state index in [9.17, 15) is 19.5 Å². The number of hydrogen-bond acceptors (Lipinski definition) is 6. The second-order valence-electron chi connectivity index (χ2n) is 5.85. The number of carboxylic acid groups (broad SMARTS) is 1. The highest BCUT2D eigenvalue weighted by Gasteiger charge is 2.23. The Kier molecular flexibility index (Phi) is 8.84. The first-order chi connectivity index (χ1) is 12.4. The number of methoxy groups -OCH3 is 2. The van der Waals surface area contributed by atoms with E-state index in [1.54, 1.807) is 0 Å². The molecule has 0 aromatic carbocycles. The number of aromatic nitrogens is 1. The predicted octanol–water partition coefficient (Wildman–Crippen LogP) is 1.77. The van der Waals surface area contributed by atoms with E-state index in [-0.39, 0.29) is 30.9 Å². The van der Waals surface area contributed by atoms with Gasteiger partial charge in [-0.1, -0.05) is 13.8 Å². The van der Waals surface area contributed by atoms with Gasteiger partial charge in [-0.15, -0.1) is 0 Å². The number of carboxylic acids is 1. The minimum Gasteiger partial charge on any atom is -0.477 e. The summed E-state index contributed by atoms with van der Waals surface area (Å²) in [6.45, 7) is 6.22. The molecule has 1 rings (SSSR count). The van der Waals surface area contributed by atoms with E-state index < -0.39 is 11.9 Å². The van der Waals surface area contributed by atoms with Crippen molar-refractivity contribution in [1.29, 1.82) is 0 Å². The zero-order valence-corrected chi connectivity index (χ0v) is 15.9. The van der Waals surface area contributed by atoms with Crippen LogP contribution in [0.4, 0.5) is 0 Å². The Hall–Kier alpha value is -2.35. The van der Waals surface area contributed by atoms with Crippen molar-refractivity contribution in [3.63, 3.8) is 0 Å². The second kappa shape index (κ2) is 10.6. The van der Waals surface area contributed by atoms with Crippen LogP contribution >= 0.6 is 0 Å². The number of hydrogen-bond donors (Lipinski definition) is 2. The van der Waals surface area contributed by atoms with Crippen LogP contribution < -0.4 is 0 Å². The molecule has 0 unspecified atom stereocenters. The van der Waals surface area contributed by atoms with Gasteiger partial charge in [0.2, 0.25) is 0 Å². The summed E-state index contributed by atoms with van der Waals surface area (Å²) in [4.78, 5) is 39.9. The van der Waals surface area contributed by atoms with Crippen LogP contribution in [0.5, 0.6) is 0 Å². The van der Waals surface area contributed by atoms with Gasteiger partial charge in [-0.25, -0.2) is 4.79 Å². The Morgan fingerprint density at radius 3 is 1.88 bits per heavy atom. The predicted molar refractivity (Wildman–Crippen MR) is 95.1 cm³/mol. The first-order valence-corrected chi connectivity index (χ1v) is 8.69. The molecule has 0 amide bonds. The lowest BCUT2D eigenvalue weighted by Crippen LogP contribution is -2.23. The monoisotopic (exact) mass is 368 g/mol. The van der Waals surface area contributed by atoms with Gasteiger partial charge in [0.05, 0.1) is 14.2 Å². The van der Waals surface area contributed by atoms with Crippen molar-refractivity contribution in [3.05, 3.63) is 22.5 Å². The molecule has 0 fully saturated rings. The Morgan fingerprint density at radius 2 is 1.46 bits per heavy atom. The van der Waals surface area contributed by atoms with E-state index in [1.807, 2.05) is 13.8 Å². The molecule has 0 aliphatic heterocycles. The van der Waals surface area contributed by atoms with Gasteiger partial charge in [-0.2, -0.15) is 0 Å². The molecule has 0 saturated carbocycles. The van der Waals surface area contributed by atoms with E-state index in [2.05, 4.69) is 14.6 Å². The molecule has 26 heavy (non-hydrogen) atoms. The van der Waals surface area contributed by atoms with Gasteiger partial charge in [0.15, 0.2) is 0 Å². The largest absolute Gasteiger partial charge is 0.477 e. The molecule has 146 valence electrons. The van der Waals surface area contributed by atoms with Gasteiger partial charge in [0, 0.05) is 25.1 Å². The number of aromatic amines is 1. The van der Waals surface area contributed by atoms with Crippen LogP contribution in [0.1, 0.15) is 54.0 Å². The summed E-state index contributed by atoms with van der Waals surface area (Å²) in [5.74, 6) is -1.86. The number of aromatic carboxylic acids is 1. The van der Waals surface area contributed by atoms with Gasteiger partial charge in [0.1, 0.15) is 5.69 Å². The van der Waals surface area contributed by atoms with Crippen molar-refractivity contribution in [1.82, 2.24) is 9.88 Å². The average Bonchev–Trinajstić information content (AvgIpc) is 2.99. The van der Waals surface area contributed by atoms with Gasteiger partial charge in [-0.05, 0) is 37.1 Å². The van der Waals surface area contributed by atoms with Crippen LogP contribution in [0.2, 0.25) is 0 Å². The van der Waals surface area contributed by atoms with Crippen LogP contribution in [-0.2, 0) is 38.4 Å². The first kappa shape index (κ1) is 21.7. The van der Waals surface area contributed by atoms with Crippen molar-refractivity contribution in [3.8, 4) is 0 Å². The number of esters is 2. The lowest BCUT2D eigenvalue weighted by atomic mass is 9.99. The third-order valence-corrected chi connectivity index (χ3v) is 4.41. The number of nitrogens with zero attached hydrogens (tertiary/aromatic N) is 1. The van der Waals surface area contributed by atoms with E-state index >= 15 is 0 Å². The van der Waals surface area contributed by atoms with Crippen LogP contribution in [0.3, 0.4) is 0 Å². The molecule has 0 aliphatic rings. The number of H-pyrrole nitrogens is 1. The fraction of sp³-hybridized carbons (Fsp3) is 0.611. The highest BCUT2D eigenvalue weighted by Crippen LogP contribution is 2.24. The smallest absolute Gasteiger partial charge is 0.352 e. The SMILES string of the molecule is CCN(CC)Cc1[nH]c(C(=O)O)c(CCC(=O)OC)c1CCC(=O)OC. The minimum atomic E-state index is -1.09. The van der Waals surface area contributed by atoms with Crippen LogP contribution in [-0.4, -0.2) is 60.2 Å². The molecule has 0 saturated heterocycles. The summed E-state index contributed by atoms with van der Waals surface area (Å²) in [7, 11) is 2.61. The van der Waals surface area contributed by atoms with Crippen molar-refractivity contribution < 1.29 is 29.0 Å². The summed E-state index contributed by atoms with van der Waals surface area (Å²) in [6.07, 6.45) is 0.803. The summed E-state index contributed by atoms with van der Waals surface area (Å²) < 4.78 is 9.35. The molecule has 1 aromatic rings. The Morgan fingerprint density at radius 1 is 0.962 bits per heavy atom. The normalized spacial score (nSPS) is 10.8. The molecule has 0 aliphatic carbocycles. The molecule has 2 N–H and O–H groups in total. The van der Waals surface area contributed by atoms with Crippen LogP contribution in [0, 0.1) is 0 Å². The Bertz CT molecular complexity index is 634. The number of carbonyl (C=O) groups excluding carboxylic acids is 2. The van der Waals surface area contributed by atoms with Gasteiger partial charge in [0.25, 0.3) is 0 Å². The number of rotatable bonds is 11. The van der Waals surface area contributed by atoms with E-state index in [4.69, 9.17) is 4.74 Å². The molecular weight excluding hydrogens is 340 g/mol. The fourth-order valence-electron chi connectivity index (χ4n) is 2.86. The molecule has 8 nitrogen and oxygen atoms in total. The standard InChI is InChI=1S/C18H28N2O6/c1-5-20(6-2)11-14-12(7-9-15(21)25-3)13(8-10-16(22)26-4)17(19-14)18(23)24/h19H,5-11H2,1-4H3,(H,23,24). The summed E-state index contributed by atoms with van der Waals surface area (Å²) in [6, 6.07) is 0. The number of ether oxygens (including phenoxy) is 2. The lowest BCUT2D eigenvalue weighted by Gasteiger charge is -2.18. The first-order valence-electron chi connectivity index (χ1n) is 8.69. The molecule has 0 atom stereocenters. The van der Waals surface area contributed by atoms with E-state index in [1.165, 1.54) is 14.2 Å². The molecular formula is C18H28N2O6. The zero-order chi connectivity index (χ0) is 19.7. The Balaban J connectivity index is 3.25. The Labute approximate surface area is 153 Å². The number of carbonyl (C=O) groups is 3. The quantitative estimate of drug-likeness (QED) is 0.573. The molecule has 0 radical (unpaired) electrons. The third kappa shape index (κ3) is 5.87. The van der Waals surface area contributed by atoms with Crippen molar-refractivity contribution in [2.24, 2.45) is 0 Å². The average molecular weight is 368 g/mol. The molecule has 1 aromatic heterocycles. The highest BCUT2D eigenvalue weighted by atomic mass is 16.5. The molecule has 0 spiro atoms. The molecule has 1 heterocycles. The third-order valence-electron chi connectivity index (χ3n) is 4.41. The fourth-order valence-corrected chi connectivity index (χ4v) is 2.86. The maximum Gasteiger partial charge on any atom is 0.352 e. The maximum absolute atomic E-state index is 11.7. The number of nitrogens with one attached hydrogen (secondary N) is 1. The van der Waals surface area contributed by atoms with Crippen molar-refractivity contribution >= 4 is 17.9 Å². The zero-order valence-electron chi connectivity index (χ0n) is 15.9. The minimum absolute atomic E-state index is 0.0657. The molecule has 0 bridgehead atoms. The summed E-state index contributed by atoms with van der Waals surface area (Å²) in [5, 5.41) is 9.55. The topological polar surface area (TPSA) is 109 Å². The van der Waals surface area contributed by atoms with Gasteiger partial charge in [-0.3, -0.25) is 14.5 Å². The lowest BCUT2D eigenvalue weighted by molar-refractivity contribution is -0.141. The van der Waals surface area contributed by atoms with Gasteiger partial charge >= 0.3 is 17.9 Å². The van der Waals surface area contributed by atoms with E-state index in [0.717, 1.165) is 24.3 Å². The summed E-state index contributed by atoms with van der Waals surface area (Å²) >= 11 is 0. The van der Waals surface area contributed by atoms with Crippen molar-refractivity contribution in [2.45, 2.75) is 46.1 Å².